The molecular formula is C5H16N2O6P2. The number of nitrogens with two attached hydrogens (primary N) is 1. The van der Waals surface area contributed by atoms with E-state index in [1.165, 1.54) is 4.90 Å². The van der Waals surface area contributed by atoms with Crippen LogP contribution in [0, 0.1) is 0 Å². The minimum atomic E-state index is -5.08. The highest BCUT2D eigenvalue weighted by Crippen LogP contribution is 2.62. The zero-order chi connectivity index (χ0) is 12.5. The SMILES string of the molecule is CN(C)CCC(N)(P(=O)([O-])[OH2+])P([O-])(O)=[OH+]. The third-order valence-electron chi connectivity index (χ3n) is 1.94. The molecule has 0 spiro atoms. The van der Waals surface area contributed by atoms with Gasteiger partial charge in [-0.25, -0.2) is 4.57 Å². The van der Waals surface area contributed by atoms with Gasteiger partial charge in [-0.3, -0.25) is 0 Å². The van der Waals surface area contributed by atoms with E-state index < -0.39 is 26.6 Å². The molecule has 3 atom stereocenters. The summed E-state index contributed by atoms with van der Waals surface area (Å²) in [5.41, 5.74) is 5.15. The van der Waals surface area contributed by atoms with Crippen molar-refractivity contribution < 1.29 is 28.7 Å². The minimum Gasteiger partial charge on any atom is -0.734 e. The third kappa shape index (κ3) is 3.62. The highest BCUT2D eigenvalue weighted by molar-refractivity contribution is 7.71. The van der Waals surface area contributed by atoms with Gasteiger partial charge in [0.25, 0.3) is 0 Å². The van der Waals surface area contributed by atoms with Gasteiger partial charge < -0.3 is 34.8 Å². The molecule has 0 aromatic carbocycles. The van der Waals surface area contributed by atoms with Crippen LogP contribution in [0.15, 0.2) is 0 Å². The van der Waals surface area contributed by atoms with Gasteiger partial charge in [0.05, 0.1) is 0 Å². The quantitative estimate of drug-likeness (QED) is 0.405. The minimum absolute atomic E-state index is 0.0622. The van der Waals surface area contributed by atoms with Crippen molar-refractivity contribution >= 4 is 15.2 Å². The fourth-order valence-corrected chi connectivity index (χ4v) is 3.01. The van der Waals surface area contributed by atoms with E-state index in [1.54, 1.807) is 14.1 Å². The smallest absolute Gasteiger partial charge is 0.335 e. The van der Waals surface area contributed by atoms with Crippen molar-refractivity contribution in [2.24, 2.45) is 5.73 Å². The molecule has 3 unspecified atom stereocenters. The first-order valence-electron chi connectivity index (χ1n) is 3.97. The number of hydrogen-bond acceptors (Lipinski definition) is 5. The zero-order valence-corrected chi connectivity index (χ0v) is 10.2. The Kier molecular flexibility index (Phi) is 4.68. The van der Waals surface area contributed by atoms with E-state index in [1.807, 2.05) is 0 Å². The van der Waals surface area contributed by atoms with Gasteiger partial charge in [0.1, 0.15) is 0 Å². The molecule has 15 heavy (non-hydrogen) atoms. The Labute approximate surface area is 87.4 Å². The lowest BCUT2D eigenvalue weighted by Crippen LogP contribution is -2.47. The van der Waals surface area contributed by atoms with Crippen LogP contribution in [0.5, 0.6) is 0 Å². The molecule has 0 aliphatic heterocycles. The molecule has 0 aromatic rings. The Balaban J connectivity index is 5.08. The van der Waals surface area contributed by atoms with Crippen LogP contribution in [0.2, 0.25) is 0 Å². The molecule has 0 bridgehead atoms. The van der Waals surface area contributed by atoms with Gasteiger partial charge in [0.15, 0.2) is 0 Å². The molecule has 10 heteroatoms. The van der Waals surface area contributed by atoms with E-state index in [0.29, 0.717) is 0 Å². The molecule has 92 valence electrons. The van der Waals surface area contributed by atoms with E-state index in [9.17, 15) is 14.4 Å². The predicted molar refractivity (Wildman–Crippen MR) is 52.4 cm³/mol. The second-order valence-electron chi connectivity index (χ2n) is 3.53. The van der Waals surface area contributed by atoms with Gasteiger partial charge in [-0.1, -0.05) is 0 Å². The van der Waals surface area contributed by atoms with Gasteiger partial charge in [0.2, 0.25) is 5.02 Å². The fourth-order valence-electron chi connectivity index (χ4n) is 0.852. The first kappa shape index (κ1) is 15.2. The van der Waals surface area contributed by atoms with Crippen LogP contribution < -0.4 is 15.5 Å². The topological polar surface area (TPSA) is 157 Å². The number of rotatable bonds is 5. The molecule has 0 heterocycles. The lowest BCUT2D eigenvalue weighted by Gasteiger charge is -2.35. The summed E-state index contributed by atoms with van der Waals surface area (Å²) in [5.74, 6) is 0. The lowest BCUT2D eigenvalue weighted by atomic mass is 10.4. The summed E-state index contributed by atoms with van der Waals surface area (Å²) in [4.78, 5) is 39.1. The number of hydrogen-bond donors (Lipinski definition) is 2. The maximum Gasteiger partial charge on any atom is 0.335 e. The summed E-state index contributed by atoms with van der Waals surface area (Å²) in [7, 11) is -6.96. The van der Waals surface area contributed by atoms with Crippen molar-refractivity contribution in [3.8, 4) is 0 Å². The summed E-state index contributed by atoms with van der Waals surface area (Å²) < 4.78 is 19.8. The Bertz CT molecular complexity index is 285. The second-order valence-corrected chi connectivity index (χ2v) is 7.67. The van der Waals surface area contributed by atoms with Gasteiger partial charge in [-0.05, 0) is 14.1 Å². The van der Waals surface area contributed by atoms with Crippen LogP contribution in [0.3, 0.4) is 0 Å². The van der Waals surface area contributed by atoms with Crippen molar-refractivity contribution in [2.45, 2.75) is 11.4 Å². The van der Waals surface area contributed by atoms with Crippen molar-refractivity contribution in [1.82, 2.24) is 4.90 Å². The maximum atomic E-state index is 11.0. The molecule has 0 saturated carbocycles. The number of nitrogens with zero attached hydrogens (tertiary/aromatic N) is 1. The molecule has 0 aliphatic carbocycles. The summed E-state index contributed by atoms with van der Waals surface area (Å²) in [6.07, 6.45) is -0.492. The van der Waals surface area contributed by atoms with Crippen molar-refractivity contribution in [3.63, 3.8) is 0 Å². The van der Waals surface area contributed by atoms with E-state index in [-0.39, 0.29) is 6.54 Å². The molecule has 0 radical (unpaired) electrons. The standard InChI is InChI=1S/C5H16N2O6P2/c1-7(2)4-3-5(6,14(8,9)10)15(11,12)13/h3-4,6H2,1-2H3,(H2,8,9,10)(H2,11,12,13). The van der Waals surface area contributed by atoms with E-state index >= 15 is 0 Å². The molecule has 6 N–H and O–H groups in total. The summed E-state index contributed by atoms with van der Waals surface area (Å²) in [5, 5.41) is -2.80. The van der Waals surface area contributed by atoms with Gasteiger partial charge >= 0.3 is 15.2 Å². The first-order valence-corrected chi connectivity index (χ1v) is 7.21. The Hall–Kier alpha value is 0.220. The van der Waals surface area contributed by atoms with Crippen LogP contribution >= 0.6 is 15.2 Å². The summed E-state index contributed by atoms with van der Waals surface area (Å²) in [6.45, 7) is 0.0622. The fraction of sp³-hybridized carbons (Fsp3) is 1.00. The molecule has 0 saturated heterocycles. The van der Waals surface area contributed by atoms with Gasteiger partial charge in [-0.15, -0.1) is 0 Å². The molecule has 8 nitrogen and oxygen atoms in total. The van der Waals surface area contributed by atoms with E-state index in [0.717, 1.165) is 0 Å². The summed E-state index contributed by atoms with van der Waals surface area (Å²) >= 11 is 0. The Morgan fingerprint density at radius 2 is 2.00 bits per heavy atom. The first-order chi connectivity index (χ1) is 6.42. The van der Waals surface area contributed by atoms with Gasteiger partial charge in [0, 0.05) is 13.0 Å². The van der Waals surface area contributed by atoms with Crippen molar-refractivity contribution in [2.75, 3.05) is 20.6 Å². The van der Waals surface area contributed by atoms with E-state index in [2.05, 4.69) is 0 Å². The molecule has 0 aromatic heterocycles. The average molecular weight is 262 g/mol. The average Bonchev–Trinajstić information content (AvgIpc) is 1.95. The predicted octanol–water partition coefficient (Wildman–Crippen LogP) is -2.68. The normalized spacial score (nSPS) is 24.3. The third-order valence-corrected chi connectivity index (χ3v) is 5.99. The molecule has 0 amide bonds. The molecule has 0 fully saturated rings. The Morgan fingerprint density at radius 1 is 1.60 bits per heavy atom. The lowest BCUT2D eigenvalue weighted by molar-refractivity contribution is -0.211. The highest BCUT2D eigenvalue weighted by Gasteiger charge is 2.54. The molecular weight excluding hydrogens is 246 g/mol. The van der Waals surface area contributed by atoms with Crippen LogP contribution in [-0.2, 0) is 4.57 Å². The highest BCUT2D eigenvalue weighted by atomic mass is 31.2. The van der Waals surface area contributed by atoms with Crippen molar-refractivity contribution in [1.29, 1.82) is 0 Å². The largest absolute Gasteiger partial charge is 0.734 e. The van der Waals surface area contributed by atoms with Crippen LogP contribution in [-0.4, -0.2) is 44.9 Å². The summed E-state index contributed by atoms with van der Waals surface area (Å²) in [6, 6.07) is 0. The second kappa shape index (κ2) is 4.61. The van der Waals surface area contributed by atoms with Crippen LogP contribution in [0.25, 0.3) is 0 Å². The van der Waals surface area contributed by atoms with Crippen LogP contribution in [0.4, 0.5) is 0 Å². The monoisotopic (exact) mass is 262 g/mol. The molecule has 0 aliphatic rings. The van der Waals surface area contributed by atoms with Gasteiger partial charge in [-0.2, -0.15) is 0 Å². The van der Waals surface area contributed by atoms with Crippen molar-refractivity contribution in [3.05, 3.63) is 0 Å². The van der Waals surface area contributed by atoms with E-state index in [4.69, 9.17) is 20.1 Å². The Morgan fingerprint density at radius 3 is 2.20 bits per heavy atom. The van der Waals surface area contributed by atoms with Crippen LogP contribution in [0.1, 0.15) is 6.42 Å². The maximum absolute atomic E-state index is 11.0. The zero-order valence-electron chi connectivity index (χ0n) is 8.45. The molecule has 0 rings (SSSR count).